The number of rotatable bonds is 6. The van der Waals surface area contributed by atoms with E-state index in [1.807, 2.05) is 4.90 Å². The molecular formula is C11H22N2O2. The van der Waals surface area contributed by atoms with E-state index >= 15 is 0 Å². The Hall–Kier alpha value is -0.610. The van der Waals surface area contributed by atoms with Crippen LogP contribution in [0.2, 0.25) is 0 Å². The molecule has 1 saturated heterocycles. The van der Waals surface area contributed by atoms with E-state index in [9.17, 15) is 4.79 Å². The molecule has 4 nitrogen and oxygen atoms in total. The van der Waals surface area contributed by atoms with Gasteiger partial charge in [-0.15, -0.1) is 0 Å². The Morgan fingerprint density at radius 1 is 1.53 bits per heavy atom. The summed E-state index contributed by atoms with van der Waals surface area (Å²) in [4.78, 5) is 14.0. The zero-order valence-corrected chi connectivity index (χ0v) is 9.58. The van der Waals surface area contributed by atoms with E-state index in [2.05, 4.69) is 6.92 Å². The first-order valence-corrected chi connectivity index (χ1v) is 5.86. The van der Waals surface area contributed by atoms with Crippen molar-refractivity contribution in [1.29, 1.82) is 0 Å². The normalized spacial score (nSPS) is 20.5. The molecule has 0 saturated carbocycles. The van der Waals surface area contributed by atoms with Gasteiger partial charge in [-0.2, -0.15) is 0 Å². The van der Waals surface area contributed by atoms with E-state index in [4.69, 9.17) is 10.5 Å². The molecule has 1 rings (SSSR count). The number of hydrogen-bond donors (Lipinski definition) is 1. The van der Waals surface area contributed by atoms with E-state index in [0.717, 1.165) is 39.0 Å². The van der Waals surface area contributed by atoms with Gasteiger partial charge in [-0.05, 0) is 25.8 Å². The van der Waals surface area contributed by atoms with Crippen molar-refractivity contribution in [3.05, 3.63) is 0 Å². The summed E-state index contributed by atoms with van der Waals surface area (Å²) >= 11 is 0. The van der Waals surface area contributed by atoms with Crippen LogP contribution >= 0.6 is 0 Å². The van der Waals surface area contributed by atoms with Crippen LogP contribution in [0.3, 0.4) is 0 Å². The zero-order chi connectivity index (χ0) is 11.1. The molecule has 1 heterocycles. The number of ether oxygens (including phenoxy) is 1. The number of nitrogens with zero attached hydrogens (tertiary/aromatic N) is 1. The fourth-order valence-electron chi connectivity index (χ4n) is 1.87. The van der Waals surface area contributed by atoms with E-state index in [0.29, 0.717) is 13.2 Å². The molecule has 0 aromatic heterocycles. The molecule has 0 aliphatic carbocycles. The van der Waals surface area contributed by atoms with E-state index in [1.54, 1.807) is 0 Å². The Balaban J connectivity index is 2.41. The van der Waals surface area contributed by atoms with Gasteiger partial charge in [0.1, 0.15) is 0 Å². The molecule has 2 N–H and O–H groups in total. The lowest BCUT2D eigenvalue weighted by molar-refractivity contribution is -0.135. The summed E-state index contributed by atoms with van der Waals surface area (Å²) in [7, 11) is 0. The fraction of sp³-hybridized carbons (Fsp3) is 0.909. The zero-order valence-electron chi connectivity index (χ0n) is 9.58. The Bertz CT molecular complexity index is 191. The second kappa shape index (κ2) is 6.80. The number of hydrogen-bond acceptors (Lipinski definition) is 3. The molecule has 1 aliphatic rings. The summed E-state index contributed by atoms with van der Waals surface area (Å²) in [6, 6.07) is 0. The van der Waals surface area contributed by atoms with E-state index < -0.39 is 0 Å². The summed E-state index contributed by atoms with van der Waals surface area (Å²) in [6.07, 6.45) is 2.77. The van der Waals surface area contributed by atoms with Crippen molar-refractivity contribution >= 4 is 5.91 Å². The maximum atomic E-state index is 12.0. The molecule has 0 bridgehead atoms. The summed E-state index contributed by atoms with van der Waals surface area (Å²) in [5.74, 6) is 0.345. The third kappa shape index (κ3) is 3.80. The van der Waals surface area contributed by atoms with Crippen LogP contribution in [0.1, 0.15) is 26.2 Å². The molecule has 1 aliphatic heterocycles. The molecule has 1 amide bonds. The third-order valence-electron chi connectivity index (χ3n) is 2.72. The van der Waals surface area contributed by atoms with E-state index in [-0.39, 0.29) is 11.8 Å². The lowest BCUT2D eigenvalue weighted by Gasteiger charge is -2.24. The summed E-state index contributed by atoms with van der Waals surface area (Å²) in [5.41, 5.74) is 5.46. The van der Waals surface area contributed by atoms with Crippen LogP contribution in [0.5, 0.6) is 0 Å². The first kappa shape index (κ1) is 12.5. The molecule has 1 atom stereocenters. The van der Waals surface area contributed by atoms with Crippen LogP contribution in [-0.2, 0) is 9.53 Å². The molecule has 1 unspecified atom stereocenters. The van der Waals surface area contributed by atoms with Gasteiger partial charge in [0.05, 0.1) is 12.5 Å². The topological polar surface area (TPSA) is 55.6 Å². The Morgan fingerprint density at radius 2 is 2.33 bits per heavy atom. The Morgan fingerprint density at radius 3 is 2.87 bits per heavy atom. The summed E-state index contributed by atoms with van der Waals surface area (Å²) in [5, 5.41) is 0. The standard InChI is InChI=1S/C11H22N2O2/c1-2-6-13(7-3-5-12)11(14)10-4-8-15-9-10/h10H,2-9,12H2,1H3. The molecule has 0 radical (unpaired) electrons. The molecule has 0 aromatic carbocycles. The monoisotopic (exact) mass is 214 g/mol. The highest BCUT2D eigenvalue weighted by molar-refractivity contribution is 5.79. The molecule has 4 heteroatoms. The highest BCUT2D eigenvalue weighted by atomic mass is 16.5. The van der Waals surface area contributed by atoms with Crippen LogP contribution in [0, 0.1) is 5.92 Å². The summed E-state index contributed by atoms with van der Waals surface area (Å²) in [6.45, 7) is 5.70. The lowest BCUT2D eigenvalue weighted by atomic mass is 10.1. The number of nitrogens with two attached hydrogens (primary N) is 1. The van der Waals surface area contributed by atoms with E-state index in [1.165, 1.54) is 0 Å². The Kier molecular flexibility index (Phi) is 5.65. The average molecular weight is 214 g/mol. The number of carbonyl (C=O) groups excluding carboxylic acids is 1. The Labute approximate surface area is 91.8 Å². The predicted molar refractivity (Wildman–Crippen MR) is 59.5 cm³/mol. The minimum atomic E-state index is 0.0920. The highest BCUT2D eigenvalue weighted by Crippen LogP contribution is 2.15. The lowest BCUT2D eigenvalue weighted by Crippen LogP contribution is -2.38. The van der Waals surface area contributed by atoms with Crippen LogP contribution in [0.25, 0.3) is 0 Å². The first-order chi connectivity index (χ1) is 7.29. The smallest absolute Gasteiger partial charge is 0.228 e. The average Bonchev–Trinajstić information content (AvgIpc) is 2.76. The maximum absolute atomic E-state index is 12.0. The first-order valence-electron chi connectivity index (χ1n) is 5.86. The van der Waals surface area contributed by atoms with Crippen LogP contribution in [-0.4, -0.2) is 43.7 Å². The van der Waals surface area contributed by atoms with Gasteiger partial charge in [0.2, 0.25) is 5.91 Å². The molecular weight excluding hydrogens is 192 g/mol. The second-order valence-electron chi connectivity index (χ2n) is 4.03. The largest absolute Gasteiger partial charge is 0.381 e. The quantitative estimate of drug-likeness (QED) is 0.705. The van der Waals surface area contributed by atoms with Crippen LogP contribution in [0.15, 0.2) is 0 Å². The third-order valence-corrected chi connectivity index (χ3v) is 2.72. The van der Waals surface area contributed by atoms with Crippen molar-refractivity contribution in [2.24, 2.45) is 11.7 Å². The second-order valence-corrected chi connectivity index (χ2v) is 4.03. The van der Waals surface area contributed by atoms with Crippen molar-refractivity contribution in [1.82, 2.24) is 4.90 Å². The molecule has 0 aromatic rings. The van der Waals surface area contributed by atoms with Gasteiger partial charge in [-0.25, -0.2) is 0 Å². The predicted octanol–water partition coefficient (Wildman–Crippen LogP) is 0.610. The molecule has 88 valence electrons. The number of carbonyl (C=O) groups is 1. The number of amides is 1. The fourth-order valence-corrected chi connectivity index (χ4v) is 1.87. The van der Waals surface area contributed by atoms with Crippen molar-refractivity contribution in [2.75, 3.05) is 32.8 Å². The molecule has 0 spiro atoms. The minimum absolute atomic E-state index is 0.0920. The van der Waals surface area contributed by atoms with Gasteiger partial charge in [0, 0.05) is 19.7 Å². The van der Waals surface area contributed by atoms with Gasteiger partial charge < -0.3 is 15.4 Å². The van der Waals surface area contributed by atoms with Crippen molar-refractivity contribution in [2.45, 2.75) is 26.2 Å². The molecule has 15 heavy (non-hydrogen) atoms. The van der Waals surface area contributed by atoms with Gasteiger partial charge in [0.15, 0.2) is 0 Å². The van der Waals surface area contributed by atoms with Crippen molar-refractivity contribution in [3.63, 3.8) is 0 Å². The van der Waals surface area contributed by atoms with Gasteiger partial charge in [0.25, 0.3) is 0 Å². The van der Waals surface area contributed by atoms with Crippen LogP contribution in [0.4, 0.5) is 0 Å². The minimum Gasteiger partial charge on any atom is -0.381 e. The summed E-state index contributed by atoms with van der Waals surface area (Å²) < 4.78 is 5.24. The maximum Gasteiger partial charge on any atom is 0.228 e. The highest BCUT2D eigenvalue weighted by Gasteiger charge is 2.27. The van der Waals surface area contributed by atoms with Crippen molar-refractivity contribution in [3.8, 4) is 0 Å². The van der Waals surface area contributed by atoms with Crippen LogP contribution < -0.4 is 5.73 Å². The van der Waals surface area contributed by atoms with Crippen molar-refractivity contribution < 1.29 is 9.53 Å². The van der Waals surface area contributed by atoms with Gasteiger partial charge in [-0.3, -0.25) is 4.79 Å². The van der Waals surface area contributed by atoms with Gasteiger partial charge in [-0.1, -0.05) is 6.92 Å². The SMILES string of the molecule is CCCN(CCCN)C(=O)C1CCOC1. The van der Waals surface area contributed by atoms with Gasteiger partial charge >= 0.3 is 0 Å². The molecule has 1 fully saturated rings.